The van der Waals surface area contributed by atoms with Crippen LogP contribution in [-0.4, -0.2) is 32.6 Å². The standard InChI is InChI=1S/C15H29N5/c1-5-14(3)7-9-16-15(4,6-2)8-10-20-12-13(11-17-14)18-19-20/h12,16-17H,5-11H2,1-4H3. The fraction of sp³-hybridized carbons (Fsp3) is 0.867. The molecular formula is C15H29N5. The van der Waals surface area contributed by atoms with Crippen LogP contribution < -0.4 is 10.6 Å². The van der Waals surface area contributed by atoms with Gasteiger partial charge in [0.05, 0.1) is 5.69 Å². The van der Waals surface area contributed by atoms with Gasteiger partial charge < -0.3 is 10.6 Å². The Morgan fingerprint density at radius 1 is 1.15 bits per heavy atom. The first kappa shape index (κ1) is 15.4. The molecule has 2 rings (SSSR count). The molecule has 2 N–H and O–H groups in total. The number of hydrogen-bond acceptors (Lipinski definition) is 4. The van der Waals surface area contributed by atoms with Crippen LogP contribution in [0.5, 0.6) is 0 Å². The number of aryl methyl sites for hydroxylation is 1. The van der Waals surface area contributed by atoms with Crippen molar-refractivity contribution in [3.63, 3.8) is 0 Å². The molecule has 0 aliphatic carbocycles. The highest BCUT2D eigenvalue weighted by Crippen LogP contribution is 2.19. The normalized spacial score (nSPS) is 32.4. The molecule has 2 heterocycles. The van der Waals surface area contributed by atoms with Crippen LogP contribution in [0.25, 0.3) is 0 Å². The fourth-order valence-electron chi connectivity index (χ4n) is 2.61. The lowest BCUT2D eigenvalue weighted by molar-refractivity contribution is 0.258. The van der Waals surface area contributed by atoms with Crippen LogP contribution in [0.1, 0.15) is 59.1 Å². The van der Waals surface area contributed by atoms with Gasteiger partial charge >= 0.3 is 0 Å². The van der Waals surface area contributed by atoms with Gasteiger partial charge in [-0.05, 0) is 46.1 Å². The first-order chi connectivity index (χ1) is 9.49. The SMILES string of the molecule is CCC1(C)CCn2cc(nn2)CNC(C)(CC)CCN1. The predicted octanol–water partition coefficient (Wildman–Crippen LogP) is 2.09. The highest BCUT2D eigenvalue weighted by atomic mass is 15.4. The molecule has 1 aliphatic heterocycles. The van der Waals surface area contributed by atoms with Gasteiger partial charge in [-0.25, -0.2) is 0 Å². The lowest BCUT2D eigenvalue weighted by atomic mass is 9.91. The van der Waals surface area contributed by atoms with Crippen molar-refractivity contribution in [1.29, 1.82) is 0 Å². The Morgan fingerprint density at radius 2 is 1.85 bits per heavy atom. The van der Waals surface area contributed by atoms with Crippen molar-refractivity contribution in [1.82, 2.24) is 25.6 Å². The molecule has 1 aromatic rings. The molecule has 5 nitrogen and oxygen atoms in total. The molecule has 0 spiro atoms. The van der Waals surface area contributed by atoms with E-state index in [2.05, 4.69) is 54.8 Å². The van der Waals surface area contributed by atoms with Crippen molar-refractivity contribution in [3.05, 3.63) is 11.9 Å². The second-order valence-corrected chi connectivity index (χ2v) is 6.58. The molecule has 2 bridgehead atoms. The summed E-state index contributed by atoms with van der Waals surface area (Å²) in [5.41, 5.74) is 1.38. The molecule has 114 valence electrons. The smallest absolute Gasteiger partial charge is 0.0965 e. The van der Waals surface area contributed by atoms with E-state index in [0.29, 0.717) is 0 Å². The molecule has 0 saturated heterocycles. The average molecular weight is 279 g/mol. The van der Waals surface area contributed by atoms with Crippen molar-refractivity contribution < 1.29 is 0 Å². The minimum absolute atomic E-state index is 0.157. The maximum atomic E-state index is 4.26. The highest BCUT2D eigenvalue weighted by Gasteiger charge is 2.26. The number of rotatable bonds is 2. The van der Waals surface area contributed by atoms with Crippen molar-refractivity contribution in [3.8, 4) is 0 Å². The van der Waals surface area contributed by atoms with Gasteiger partial charge in [0.2, 0.25) is 0 Å². The Kier molecular flexibility index (Phi) is 4.81. The van der Waals surface area contributed by atoms with Gasteiger partial charge in [0.25, 0.3) is 0 Å². The average Bonchev–Trinajstić information content (AvgIpc) is 2.90. The molecule has 1 aromatic heterocycles. The second-order valence-electron chi connectivity index (χ2n) is 6.58. The molecule has 0 amide bonds. The zero-order chi connectivity index (χ0) is 14.6. The summed E-state index contributed by atoms with van der Waals surface area (Å²) in [6.45, 7) is 11.9. The third-order valence-corrected chi connectivity index (χ3v) is 4.96. The van der Waals surface area contributed by atoms with Gasteiger partial charge in [-0.15, -0.1) is 5.10 Å². The summed E-state index contributed by atoms with van der Waals surface area (Å²) in [6.07, 6.45) is 6.53. The Balaban J connectivity index is 2.16. The molecule has 0 aromatic carbocycles. The second kappa shape index (κ2) is 6.22. The summed E-state index contributed by atoms with van der Waals surface area (Å²) in [4.78, 5) is 0. The van der Waals surface area contributed by atoms with Crippen LogP contribution in [-0.2, 0) is 13.1 Å². The summed E-state index contributed by atoms with van der Waals surface area (Å²) >= 11 is 0. The topological polar surface area (TPSA) is 54.8 Å². The summed E-state index contributed by atoms with van der Waals surface area (Å²) in [6, 6.07) is 0. The minimum Gasteiger partial charge on any atom is -0.311 e. The van der Waals surface area contributed by atoms with Gasteiger partial charge in [-0.3, -0.25) is 4.68 Å². The van der Waals surface area contributed by atoms with E-state index in [1.807, 2.05) is 4.68 Å². The number of aromatic nitrogens is 3. The quantitative estimate of drug-likeness (QED) is 0.870. The lowest BCUT2D eigenvalue weighted by Gasteiger charge is -2.34. The van der Waals surface area contributed by atoms with Gasteiger partial charge in [0.1, 0.15) is 0 Å². The molecule has 2 unspecified atom stereocenters. The van der Waals surface area contributed by atoms with Crippen molar-refractivity contribution in [2.24, 2.45) is 0 Å². The predicted molar refractivity (Wildman–Crippen MR) is 81.5 cm³/mol. The van der Waals surface area contributed by atoms with E-state index in [-0.39, 0.29) is 11.1 Å². The van der Waals surface area contributed by atoms with E-state index in [1.165, 1.54) is 0 Å². The molecule has 2 atom stereocenters. The van der Waals surface area contributed by atoms with E-state index >= 15 is 0 Å². The van der Waals surface area contributed by atoms with Crippen LogP contribution in [0.3, 0.4) is 0 Å². The maximum absolute atomic E-state index is 4.26. The van der Waals surface area contributed by atoms with Crippen molar-refractivity contribution in [2.45, 2.75) is 77.5 Å². The highest BCUT2D eigenvalue weighted by molar-refractivity contribution is 4.96. The van der Waals surface area contributed by atoms with E-state index in [4.69, 9.17) is 0 Å². The van der Waals surface area contributed by atoms with Gasteiger partial charge in [0.15, 0.2) is 0 Å². The summed E-state index contributed by atoms with van der Waals surface area (Å²) in [5, 5.41) is 15.9. The molecule has 5 heteroatoms. The van der Waals surface area contributed by atoms with Crippen molar-refractivity contribution in [2.75, 3.05) is 6.54 Å². The van der Waals surface area contributed by atoms with E-state index in [9.17, 15) is 0 Å². The third-order valence-electron chi connectivity index (χ3n) is 4.96. The lowest BCUT2D eigenvalue weighted by Crippen LogP contribution is -2.48. The molecule has 0 saturated carbocycles. The van der Waals surface area contributed by atoms with Crippen LogP contribution >= 0.6 is 0 Å². The summed E-state index contributed by atoms with van der Waals surface area (Å²) in [7, 11) is 0. The summed E-state index contributed by atoms with van der Waals surface area (Å²) in [5.74, 6) is 0. The van der Waals surface area contributed by atoms with Crippen LogP contribution in [0.2, 0.25) is 0 Å². The van der Waals surface area contributed by atoms with Gasteiger partial charge in [0, 0.05) is 30.4 Å². The van der Waals surface area contributed by atoms with Crippen LogP contribution in [0.15, 0.2) is 6.20 Å². The first-order valence-corrected chi connectivity index (χ1v) is 7.88. The third kappa shape index (κ3) is 3.79. The molecular weight excluding hydrogens is 250 g/mol. The first-order valence-electron chi connectivity index (χ1n) is 7.88. The van der Waals surface area contributed by atoms with E-state index in [1.54, 1.807) is 0 Å². The monoisotopic (exact) mass is 279 g/mol. The molecule has 0 radical (unpaired) electrons. The number of nitrogens with zero attached hydrogens (tertiary/aromatic N) is 3. The Labute approximate surface area is 122 Å². The number of nitrogens with one attached hydrogen (secondary N) is 2. The number of hydrogen-bond donors (Lipinski definition) is 2. The largest absolute Gasteiger partial charge is 0.311 e. The zero-order valence-electron chi connectivity index (χ0n) is 13.4. The molecule has 1 aliphatic rings. The summed E-state index contributed by atoms with van der Waals surface area (Å²) < 4.78 is 1.97. The fourth-order valence-corrected chi connectivity index (χ4v) is 2.61. The molecule has 20 heavy (non-hydrogen) atoms. The molecule has 0 fully saturated rings. The zero-order valence-corrected chi connectivity index (χ0v) is 13.4. The Hall–Kier alpha value is -0.940. The van der Waals surface area contributed by atoms with E-state index < -0.39 is 0 Å². The Morgan fingerprint density at radius 3 is 2.55 bits per heavy atom. The van der Waals surface area contributed by atoms with Gasteiger partial charge in [-0.1, -0.05) is 19.1 Å². The maximum Gasteiger partial charge on any atom is 0.0965 e. The van der Waals surface area contributed by atoms with Crippen molar-refractivity contribution >= 4 is 0 Å². The minimum atomic E-state index is 0.157. The number of fused-ring (bicyclic) bond motifs is 2. The van der Waals surface area contributed by atoms with E-state index in [0.717, 1.165) is 51.0 Å². The van der Waals surface area contributed by atoms with Crippen LogP contribution in [0.4, 0.5) is 0 Å². The van der Waals surface area contributed by atoms with Crippen LogP contribution in [0, 0.1) is 0 Å². The Bertz CT molecular complexity index is 393. The van der Waals surface area contributed by atoms with Gasteiger partial charge in [-0.2, -0.15) is 0 Å².